The number of benzene rings is 1. The van der Waals surface area contributed by atoms with Gasteiger partial charge in [0.25, 0.3) is 0 Å². The lowest BCUT2D eigenvalue weighted by Gasteiger charge is -2.07. The maximum Gasteiger partial charge on any atom is 0.358 e. The maximum absolute atomic E-state index is 11.8. The molecule has 0 fully saturated rings. The van der Waals surface area contributed by atoms with E-state index in [2.05, 4.69) is 10.4 Å². The Balaban J connectivity index is 1.99. The van der Waals surface area contributed by atoms with Crippen molar-refractivity contribution in [2.45, 2.75) is 19.6 Å². The number of carbonyl (C=O) groups excluding carboxylic acids is 1. The van der Waals surface area contributed by atoms with Crippen LogP contribution in [0.1, 0.15) is 27.3 Å². The maximum atomic E-state index is 11.8. The van der Waals surface area contributed by atoms with Gasteiger partial charge in [0.2, 0.25) is 0 Å². The lowest BCUT2D eigenvalue weighted by Crippen LogP contribution is -2.13. The van der Waals surface area contributed by atoms with Crippen molar-refractivity contribution in [1.82, 2.24) is 15.1 Å². The van der Waals surface area contributed by atoms with Gasteiger partial charge in [0.05, 0.1) is 19.3 Å². The molecule has 0 spiro atoms. The number of nitrogens with zero attached hydrogens (tertiary/aromatic N) is 2. The Morgan fingerprint density at radius 1 is 1.45 bits per heavy atom. The fraction of sp³-hybridized carbons (Fsp3) is 0.286. The average molecular weight is 292 g/mol. The van der Waals surface area contributed by atoms with Crippen molar-refractivity contribution in [2.24, 2.45) is 0 Å². The minimum Gasteiger partial charge on any atom is -0.464 e. The van der Waals surface area contributed by atoms with Gasteiger partial charge in [0, 0.05) is 23.7 Å². The van der Waals surface area contributed by atoms with Crippen LogP contribution in [-0.4, -0.2) is 22.9 Å². The highest BCUT2D eigenvalue weighted by Crippen LogP contribution is 2.23. The normalized spacial score (nSPS) is 13.3. The summed E-state index contributed by atoms with van der Waals surface area (Å²) in [6.45, 7) is 1.88. The molecule has 1 aliphatic heterocycles. The third-order valence-electron chi connectivity index (χ3n) is 3.42. The number of esters is 1. The minimum atomic E-state index is -0.400. The first-order valence-electron chi connectivity index (χ1n) is 6.31. The first-order chi connectivity index (χ1) is 9.70. The van der Waals surface area contributed by atoms with E-state index in [9.17, 15) is 4.79 Å². The first-order valence-corrected chi connectivity index (χ1v) is 6.69. The summed E-state index contributed by atoms with van der Waals surface area (Å²) in [7, 11) is 1.37. The second-order valence-electron chi connectivity index (χ2n) is 4.62. The van der Waals surface area contributed by atoms with Crippen LogP contribution in [0.2, 0.25) is 5.02 Å². The van der Waals surface area contributed by atoms with Crippen LogP contribution < -0.4 is 5.32 Å². The standard InChI is InChI=1S/C14H14ClN3O2/c1-20-14(19)13-10-6-16-7-12(10)18(17-13)8-9-4-2-3-5-11(9)15/h2-5,16H,6-8H2,1H3. The van der Waals surface area contributed by atoms with E-state index in [1.54, 1.807) is 0 Å². The van der Waals surface area contributed by atoms with Gasteiger partial charge in [-0.1, -0.05) is 29.8 Å². The highest BCUT2D eigenvalue weighted by molar-refractivity contribution is 6.31. The SMILES string of the molecule is COC(=O)c1nn(Cc2ccccc2Cl)c2c1CNC2. The first kappa shape index (κ1) is 13.1. The van der Waals surface area contributed by atoms with Gasteiger partial charge in [-0.05, 0) is 11.6 Å². The molecule has 1 aromatic carbocycles. The monoisotopic (exact) mass is 291 g/mol. The number of nitrogens with one attached hydrogen (secondary N) is 1. The van der Waals surface area contributed by atoms with Gasteiger partial charge < -0.3 is 10.1 Å². The molecule has 104 valence electrons. The highest BCUT2D eigenvalue weighted by Gasteiger charge is 2.26. The highest BCUT2D eigenvalue weighted by atomic mass is 35.5. The second kappa shape index (κ2) is 5.26. The largest absolute Gasteiger partial charge is 0.464 e. The minimum absolute atomic E-state index is 0.388. The van der Waals surface area contributed by atoms with E-state index in [1.165, 1.54) is 7.11 Å². The zero-order chi connectivity index (χ0) is 14.1. The molecule has 2 aromatic rings. The molecule has 6 heteroatoms. The smallest absolute Gasteiger partial charge is 0.358 e. The number of rotatable bonds is 3. The summed E-state index contributed by atoms with van der Waals surface area (Å²) in [4.78, 5) is 11.8. The molecule has 0 saturated heterocycles. The van der Waals surface area contributed by atoms with Gasteiger partial charge in [0.1, 0.15) is 0 Å². The van der Waals surface area contributed by atoms with Crippen LogP contribution in [0.15, 0.2) is 24.3 Å². The van der Waals surface area contributed by atoms with Crippen LogP contribution >= 0.6 is 11.6 Å². The van der Waals surface area contributed by atoms with E-state index in [0.29, 0.717) is 30.4 Å². The topological polar surface area (TPSA) is 56.1 Å². The molecule has 0 bridgehead atoms. The molecule has 1 aromatic heterocycles. The summed E-state index contributed by atoms with van der Waals surface area (Å²) in [6.07, 6.45) is 0. The third-order valence-corrected chi connectivity index (χ3v) is 3.79. The third kappa shape index (κ3) is 2.19. The van der Waals surface area contributed by atoms with E-state index in [4.69, 9.17) is 16.3 Å². The zero-order valence-electron chi connectivity index (χ0n) is 11.0. The number of methoxy groups -OCH3 is 1. The number of fused-ring (bicyclic) bond motifs is 1. The summed E-state index contributed by atoms with van der Waals surface area (Å²) < 4.78 is 6.60. The average Bonchev–Trinajstić information content (AvgIpc) is 3.04. The molecule has 1 N–H and O–H groups in total. The molecule has 3 rings (SSSR count). The van der Waals surface area contributed by atoms with Crippen molar-refractivity contribution in [3.63, 3.8) is 0 Å². The van der Waals surface area contributed by atoms with Crippen LogP contribution in [0.4, 0.5) is 0 Å². The fourth-order valence-electron chi connectivity index (χ4n) is 2.40. The van der Waals surface area contributed by atoms with E-state index >= 15 is 0 Å². The van der Waals surface area contributed by atoms with Crippen LogP contribution in [0.5, 0.6) is 0 Å². The molecule has 0 amide bonds. The van der Waals surface area contributed by atoms with Crippen molar-refractivity contribution in [1.29, 1.82) is 0 Å². The van der Waals surface area contributed by atoms with E-state index in [0.717, 1.165) is 16.8 Å². The molecule has 0 aliphatic carbocycles. The molecule has 0 atom stereocenters. The zero-order valence-corrected chi connectivity index (χ0v) is 11.8. The predicted molar refractivity (Wildman–Crippen MR) is 74.7 cm³/mol. The summed E-state index contributed by atoms with van der Waals surface area (Å²) >= 11 is 6.17. The second-order valence-corrected chi connectivity index (χ2v) is 5.03. The van der Waals surface area contributed by atoms with Crippen LogP contribution in [0.25, 0.3) is 0 Å². The quantitative estimate of drug-likeness (QED) is 0.879. The van der Waals surface area contributed by atoms with Gasteiger partial charge in [-0.3, -0.25) is 4.68 Å². The molecular formula is C14H14ClN3O2. The Hall–Kier alpha value is -1.85. The van der Waals surface area contributed by atoms with Crippen LogP contribution in [0.3, 0.4) is 0 Å². The Morgan fingerprint density at radius 3 is 3.00 bits per heavy atom. The Kier molecular flexibility index (Phi) is 3.46. The van der Waals surface area contributed by atoms with Crippen LogP contribution in [0, 0.1) is 0 Å². The molecular weight excluding hydrogens is 278 g/mol. The van der Waals surface area contributed by atoms with Crippen molar-refractivity contribution in [3.05, 3.63) is 51.8 Å². The summed E-state index contributed by atoms with van der Waals surface area (Å²) in [5, 5.41) is 8.31. The van der Waals surface area contributed by atoms with Gasteiger partial charge in [0.15, 0.2) is 5.69 Å². The van der Waals surface area contributed by atoms with Gasteiger partial charge >= 0.3 is 5.97 Å². The number of aromatic nitrogens is 2. The number of carbonyl (C=O) groups is 1. The van der Waals surface area contributed by atoms with Gasteiger partial charge in [-0.2, -0.15) is 5.10 Å². The van der Waals surface area contributed by atoms with Gasteiger partial charge in [-0.15, -0.1) is 0 Å². The Labute approximate surface area is 121 Å². The van der Waals surface area contributed by atoms with E-state index in [-0.39, 0.29) is 0 Å². The van der Waals surface area contributed by atoms with Crippen LogP contribution in [-0.2, 0) is 24.4 Å². The number of hydrogen-bond acceptors (Lipinski definition) is 4. The van der Waals surface area contributed by atoms with Crippen molar-refractivity contribution in [3.8, 4) is 0 Å². The molecule has 0 radical (unpaired) electrons. The molecule has 20 heavy (non-hydrogen) atoms. The lowest BCUT2D eigenvalue weighted by molar-refractivity contribution is 0.0591. The number of hydrogen-bond donors (Lipinski definition) is 1. The number of halogens is 1. The summed E-state index contributed by atoms with van der Waals surface area (Å²) in [5.41, 5.74) is 3.30. The molecule has 2 heterocycles. The molecule has 1 aliphatic rings. The molecule has 5 nitrogen and oxygen atoms in total. The summed E-state index contributed by atoms with van der Waals surface area (Å²) in [5.74, 6) is -0.400. The Morgan fingerprint density at radius 2 is 2.25 bits per heavy atom. The van der Waals surface area contributed by atoms with Crippen molar-refractivity contribution >= 4 is 17.6 Å². The summed E-state index contributed by atoms with van der Waals surface area (Å²) in [6, 6.07) is 7.63. The molecule has 0 unspecified atom stereocenters. The van der Waals surface area contributed by atoms with E-state index in [1.807, 2.05) is 28.9 Å². The van der Waals surface area contributed by atoms with Gasteiger partial charge in [-0.25, -0.2) is 4.79 Å². The number of ether oxygens (including phenoxy) is 1. The van der Waals surface area contributed by atoms with Crippen molar-refractivity contribution in [2.75, 3.05) is 7.11 Å². The van der Waals surface area contributed by atoms with Crippen molar-refractivity contribution < 1.29 is 9.53 Å². The Bertz CT molecular complexity index is 666. The lowest BCUT2D eigenvalue weighted by atomic mass is 10.2. The molecule has 0 saturated carbocycles. The fourth-order valence-corrected chi connectivity index (χ4v) is 2.60. The predicted octanol–water partition coefficient (Wildman–Crippen LogP) is 1.97. The van der Waals surface area contributed by atoms with E-state index < -0.39 is 5.97 Å².